The van der Waals surface area contributed by atoms with Crippen molar-refractivity contribution in [3.63, 3.8) is 0 Å². The van der Waals surface area contributed by atoms with Crippen molar-refractivity contribution < 1.29 is 0 Å². The van der Waals surface area contributed by atoms with E-state index in [2.05, 4.69) is 22.0 Å². The Kier molecular flexibility index (Phi) is 2.18. The standard InChI is InChI=1S/C13H12BrNO/c1-8-6-9-2-3-10(14)7-12(9)13(16)15(8)11-4-5-11/h2-3,6-7,11H,4-5H2,1H3. The van der Waals surface area contributed by atoms with E-state index >= 15 is 0 Å². The molecule has 0 aliphatic heterocycles. The van der Waals surface area contributed by atoms with Crippen LogP contribution < -0.4 is 5.56 Å². The summed E-state index contributed by atoms with van der Waals surface area (Å²) in [6.45, 7) is 2.02. The van der Waals surface area contributed by atoms with Crippen molar-refractivity contribution in [2.45, 2.75) is 25.8 Å². The molecule has 0 unspecified atom stereocenters. The molecule has 0 amide bonds. The summed E-state index contributed by atoms with van der Waals surface area (Å²) in [5, 5.41) is 1.84. The van der Waals surface area contributed by atoms with Crippen LogP contribution in [0.3, 0.4) is 0 Å². The molecule has 1 aromatic heterocycles. The minimum Gasteiger partial charge on any atom is -0.309 e. The minimum atomic E-state index is 0.152. The lowest BCUT2D eigenvalue weighted by atomic mass is 10.1. The zero-order chi connectivity index (χ0) is 11.3. The predicted octanol–water partition coefficient (Wildman–Crippen LogP) is 3.41. The maximum atomic E-state index is 12.3. The maximum Gasteiger partial charge on any atom is 0.258 e. The van der Waals surface area contributed by atoms with Gasteiger partial charge in [-0.15, -0.1) is 0 Å². The van der Waals surface area contributed by atoms with E-state index in [1.54, 1.807) is 0 Å². The molecule has 2 nitrogen and oxygen atoms in total. The van der Waals surface area contributed by atoms with Gasteiger partial charge in [0.15, 0.2) is 0 Å². The molecule has 1 aliphatic carbocycles. The van der Waals surface area contributed by atoms with Gasteiger partial charge in [-0.05, 0) is 43.4 Å². The Morgan fingerprint density at radius 2 is 2.06 bits per heavy atom. The fourth-order valence-electron chi connectivity index (χ4n) is 2.21. The highest BCUT2D eigenvalue weighted by Crippen LogP contribution is 2.35. The van der Waals surface area contributed by atoms with Crippen LogP contribution in [0.2, 0.25) is 0 Å². The van der Waals surface area contributed by atoms with Crippen molar-refractivity contribution in [1.82, 2.24) is 4.57 Å². The largest absolute Gasteiger partial charge is 0.309 e. The van der Waals surface area contributed by atoms with E-state index in [4.69, 9.17) is 0 Å². The first-order chi connectivity index (χ1) is 7.66. The SMILES string of the molecule is Cc1cc2ccc(Br)cc2c(=O)n1C1CC1. The lowest BCUT2D eigenvalue weighted by Crippen LogP contribution is -2.21. The molecule has 3 heteroatoms. The maximum absolute atomic E-state index is 12.3. The summed E-state index contributed by atoms with van der Waals surface area (Å²) in [5.41, 5.74) is 1.22. The Morgan fingerprint density at radius 1 is 1.31 bits per heavy atom. The number of halogens is 1. The molecule has 0 bridgehead atoms. The second kappa shape index (κ2) is 3.45. The number of aryl methyl sites for hydroxylation is 1. The first-order valence-corrected chi connectivity index (χ1v) is 6.27. The average molecular weight is 278 g/mol. The molecule has 0 radical (unpaired) electrons. The third kappa shape index (κ3) is 1.50. The molecule has 16 heavy (non-hydrogen) atoms. The van der Waals surface area contributed by atoms with Gasteiger partial charge in [-0.2, -0.15) is 0 Å². The molecule has 1 aromatic carbocycles. The summed E-state index contributed by atoms with van der Waals surface area (Å²) in [5.74, 6) is 0. The third-order valence-electron chi connectivity index (χ3n) is 3.12. The van der Waals surface area contributed by atoms with Gasteiger partial charge >= 0.3 is 0 Å². The minimum absolute atomic E-state index is 0.152. The Balaban J connectivity index is 2.40. The summed E-state index contributed by atoms with van der Waals surface area (Å²) >= 11 is 3.41. The molecule has 0 saturated heterocycles. The monoisotopic (exact) mass is 277 g/mol. The lowest BCUT2D eigenvalue weighted by Gasteiger charge is -2.10. The molecule has 3 rings (SSSR count). The first-order valence-electron chi connectivity index (χ1n) is 5.48. The van der Waals surface area contributed by atoms with Gasteiger partial charge in [0.2, 0.25) is 0 Å². The van der Waals surface area contributed by atoms with Crippen LogP contribution in [0, 0.1) is 6.92 Å². The number of benzene rings is 1. The fourth-order valence-corrected chi connectivity index (χ4v) is 2.57. The van der Waals surface area contributed by atoms with Gasteiger partial charge < -0.3 is 4.57 Å². The molecule has 0 N–H and O–H groups in total. The zero-order valence-corrected chi connectivity index (χ0v) is 10.6. The van der Waals surface area contributed by atoms with Gasteiger partial charge in [-0.3, -0.25) is 4.79 Å². The highest BCUT2D eigenvalue weighted by atomic mass is 79.9. The summed E-state index contributed by atoms with van der Waals surface area (Å²) in [6.07, 6.45) is 2.28. The number of nitrogens with zero attached hydrogens (tertiary/aromatic N) is 1. The first kappa shape index (κ1) is 10.1. The summed E-state index contributed by atoms with van der Waals surface area (Å²) in [6, 6.07) is 8.42. The number of hydrogen-bond acceptors (Lipinski definition) is 1. The van der Waals surface area contributed by atoms with E-state index in [0.717, 1.165) is 33.8 Å². The van der Waals surface area contributed by atoms with Crippen molar-refractivity contribution in [3.8, 4) is 0 Å². The topological polar surface area (TPSA) is 22.0 Å². The second-order valence-electron chi connectivity index (χ2n) is 4.42. The molecule has 1 saturated carbocycles. The molecular weight excluding hydrogens is 266 g/mol. The van der Waals surface area contributed by atoms with Crippen LogP contribution in [0.25, 0.3) is 10.8 Å². The van der Waals surface area contributed by atoms with E-state index in [9.17, 15) is 4.79 Å². The Bertz CT molecular complexity index is 626. The smallest absolute Gasteiger partial charge is 0.258 e. The second-order valence-corrected chi connectivity index (χ2v) is 5.34. The number of fused-ring (bicyclic) bond motifs is 1. The van der Waals surface area contributed by atoms with Crippen molar-refractivity contribution in [3.05, 3.63) is 44.8 Å². The number of aromatic nitrogens is 1. The van der Waals surface area contributed by atoms with Crippen molar-refractivity contribution in [1.29, 1.82) is 0 Å². The van der Waals surface area contributed by atoms with Gasteiger partial charge in [0.1, 0.15) is 0 Å². The molecule has 82 valence electrons. The van der Waals surface area contributed by atoms with Crippen LogP contribution in [0.4, 0.5) is 0 Å². The fraction of sp³-hybridized carbons (Fsp3) is 0.308. The molecule has 2 aromatic rings. The van der Waals surface area contributed by atoms with Crippen LogP contribution in [-0.4, -0.2) is 4.57 Å². The van der Waals surface area contributed by atoms with Gasteiger partial charge in [0.25, 0.3) is 5.56 Å². The van der Waals surface area contributed by atoms with E-state index in [1.807, 2.05) is 29.7 Å². The molecule has 1 heterocycles. The van der Waals surface area contributed by atoms with Crippen LogP contribution in [-0.2, 0) is 0 Å². The summed E-state index contributed by atoms with van der Waals surface area (Å²) < 4.78 is 2.90. The lowest BCUT2D eigenvalue weighted by molar-refractivity contribution is 0.689. The van der Waals surface area contributed by atoms with E-state index in [-0.39, 0.29) is 5.56 Å². The van der Waals surface area contributed by atoms with Crippen molar-refractivity contribution in [2.24, 2.45) is 0 Å². The van der Waals surface area contributed by atoms with E-state index in [0.29, 0.717) is 6.04 Å². The Labute approximate surface area is 102 Å². The Hall–Kier alpha value is -1.09. The Morgan fingerprint density at radius 3 is 2.75 bits per heavy atom. The normalized spacial score (nSPS) is 15.6. The summed E-state index contributed by atoms with van der Waals surface area (Å²) in [7, 11) is 0. The number of pyridine rings is 1. The quantitative estimate of drug-likeness (QED) is 0.783. The van der Waals surface area contributed by atoms with Gasteiger partial charge in [-0.25, -0.2) is 0 Å². The van der Waals surface area contributed by atoms with Crippen molar-refractivity contribution >= 4 is 26.7 Å². The molecule has 1 aliphatic rings. The van der Waals surface area contributed by atoms with Crippen LogP contribution >= 0.6 is 15.9 Å². The molecule has 0 atom stereocenters. The van der Waals surface area contributed by atoms with Crippen LogP contribution in [0.15, 0.2) is 33.5 Å². The van der Waals surface area contributed by atoms with Gasteiger partial charge in [0.05, 0.1) is 0 Å². The van der Waals surface area contributed by atoms with Crippen LogP contribution in [0.5, 0.6) is 0 Å². The van der Waals surface area contributed by atoms with E-state index in [1.165, 1.54) is 0 Å². The van der Waals surface area contributed by atoms with Crippen LogP contribution in [0.1, 0.15) is 24.6 Å². The molecule has 1 fully saturated rings. The van der Waals surface area contributed by atoms with Gasteiger partial charge in [-0.1, -0.05) is 22.0 Å². The zero-order valence-electron chi connectivity index (χ0n) is 9.03. The highest BCUT2D eigenvalue weighted by Gasteiger charge is 2.26. The summed E-state index contributed by atoms with van der Waals surface area (Å²) in [4.78, 5) is 12.3. The molecular formula is C13H12BrNO. The van der Waals surface area contributed by atoms with E-state index < -0.39 is 0 Å². The predicted molar refractivity (Wildman–Crippen MR) is 68.9 cm³/mol. The van der Waals surface area contributed by atoms with Crippen molar-refractivity contribution in [2.75, 3.05) is 0 Å². The number of rotatable bonds is 1. The molecule has 0 spiro atoms. The average Bonchev–Trinajstić information content (AvgIpc) is 3.04. The number of hydrogen-bond donors (Lipinski definition) is 0. The van der Waals surface area contributed by atoms with Gasteiger partial charge in [0, 0.05) is 21.6 Å². The third-order valence-corrected chi connectivity index (χ3v) is 3.61. The highest BCUT2D eigenvalue weighted by molar-refractivity contribution is 9.10.